The van der Waals surface area contributed by atoms with Crippen LogP contribution in [0.2, 0.25) is 0 Å². The quantitative estimate of drug-likeness (QED) is 0.174. The Morgan fingerprint density at radius 2 is 1.67 bits per heavy atom. The molecule has 0 fully saturated rings. The van der Waals surface area contributed by atoms with Gasteiger partial charge >= 0.3 is 5.97 Å². The van der Waals surface area contributed by atoms with Crippen molar-refractivity contribution in [2.45, 2.75) is 63.2 Å². The molecule has 0 bridgehead atoms. The van der Waals surface area contributed by atoms with Gasteiger partial charge in [0.1, 0.15) is 17.5 Å². The monoisotopic (exact) mass is 618 g/mol. The summed E-state index contributed by atoms with van der Waals surface area (Å²) in [6.45, 7) is 5.85. The topological polar surface area (TPSA) is 122 Å². The highest BCUT2D eigenvalue weighted by Crippen LogP contribution is 2.42. The number of benzene rings is 2. The van der Waals surface area contributed by atoms with Crippen LogP contribution in [0.5, 0.6) is 0 Å². The van der Waals surface area contributed by atoms with Crippen LogP contribution in [0.25, 0.3) is 21.8 Å². The van der Waals surface area contributed by atoms with Crippen LogP contribution in [0.4, 0.5) is 18.9 Å². The first-order chi connectivity index (χ1) is 19.8. The van der Waals surface area contributed by atoms with Gasteiger partial charge in [0.2, 0.25) is 0 Å². The van der Waals surface area contributed by atoms with E-state index in [4.69, 9.17) is 10.1 Å². The lowest BCUT2D eigenvalue weighted by Crippen LogP contribution is -2.17. The second-order valence-electron chi connectivity index (χ2n) is 10.6. The van der Waals surface area contributed by atoms with Crippen LogP contribution in [-0.4, -0.2) is 34.4 Å². The number of anilines is 1. The minimum Gasteiger partial charge on any atom is -0.481 e. The Bertz CT molecular complexity index is 1700. The van der Waals surface area contributed by atoms with E-state index in [0.717, 1.165) is 24.3 Å². The van der Waals surface area contributed by atoms with E-state index in [2.05, 4.69) is 9.97 Å². The average molecular weight is 619 g/mol. The van der Waals surface area contributed by atoms with Gasteiger partial charge in [0.15, 0.2) is 10.7 Å². The number of nitrogens with zero attached hydrogens (tertiary/aromatic N) is 3. The lowest BCUT2D eigenvalue weighted by Gasteiger charge is -2.14. The zero-order valence-corrected chi connectivity index (χ0v) is 24.8. The summed E-state index contributed by atoms with van der Waals surface area (Å²) in [5.74, 6) is -3.90. The van der Waals surface area contributed by atoms with Crippen molar-refractivity contribution in [2.24, 2.45) is 0 Å². The number of rotatable bonds is 11. The van der Waals surface area contributed by atoms with Crippen molar-refractivity contribution in [1.29, 1.82) is 0 Å². The number of halogens is 3. The maximum absolute atomic E-state index is 16.0. The summed E-state index contributed by atoms with van der Waals surface area (Å²) in [7, 11) is -4.81. The number of aliphatic carboxylic acids is 1. The number of hydrogen-bond acceptors (Lipinski definition) is 7. The number of nitrogens with one attached hydrogen (secondary N) is 1. The van der Waals surface area contributed by atoms with Crippen molar-refractivity contribution in [3.8, 4) is 21.8 Å². The fourth-order valence-electron chi connectivity index (χ4n) is 4.11. The molecule has 0 spiro atoms. The summed E-state index contributed by atoms with van der Waals surface area (Å²) in [5, 5.41) is 9.50. The Hall–Kier alpha value is -3.84. The summed E-state index contributed by atoms with van der Waals surface area (Å²) in [4.78, 5) is 23.7. The Kier molecular flexibility index (Phi) is 9.31. The molecular formula is C29H29F3N4O4S2. The van der Waals surface area contributed by atoms with Gasteiger partial charge < -0.3 is 5.11 Å². The van der Waals surface area contributed by atoms with E-state index in [0.29, 0.717) is 47.1 Å². The summed E-state index contributed by atoms with van der Waals surface area (Å²) < 4.78 is 72.1. The third-order valence-corrected chi connectivity index (χ3v) is 9.10. The second-order valence-corrected chi connectivity index (χ2v) is 13.2. The van der Waals surface area contributed by atoms with Crippen molar-refractivity contribution in [3.05, 3.63) is 76.9 Å². The molecule has 0 amide bonds. The smallest absolute Gasteiger partial charge is 0.303 e. The van der Waals surface area contributed by atoms with Gasteiger partial charge in [-0.05, 0) is 43.2 Å². The van der Waals surface area contributed by atoms with Gasteiger partial charge in [-0.25, -0.2) is 36.5 Å². The molecule has 42 heavy (non-hydrogen) atoms. The lowest BCUT2D eigenvalue weighted by molar-refractivity contribution is -0.137. The van der Waals surface area contributed by atoms with Crippen molar-refractivity contribution in [2.75, 3.05) is 4.72 Å². The average Bonchev–Trinajstić information content (AvgIpc) is 3.35. The number of thiazole rings is 1. The standard InChI is InChI=1S/C29H29F3N4O4S2/c1-29(2,3)28-35-25(26(41-28)21-15-16-33-22(34-21)13-5-4-6-14-23(37)38)17-9-7-12-20(24(17)32)36-42(39,40)27-18(30)10-8-11-19(27)31/h7-12,15-16,36H,4-6,13-14H2,1-3H3,(H,37,38). The SMILES string of the molecule is CC(C)(C)c1nc(-c2cccc(NS(=O)(=O)c3c(F)cccc3F)c2F)c(-c2ccnc(CCCCCC(=O)O)n2)s1. The molecule has 2 heterocycles. The Labute approximate surface area is 245 Å². The van der Waals surface area contributed by atoms with Crippen molar-refractivity contribution in [3.63, 3.8) is 0 Å². The third kappa shape index (κ3) is 7.13. The van der Waals surface area contributed by atoms with Crippen LogP contribution in [0.3, 0.4) is 0 Å². The first kappa shape index (κ1) is 31.1. The molecule has 222 valence electrons. The van der Waals surface area contributed by atoms with E-state index in [9.17, 15) is 22.0 Å². The predicted octanol–water partition coefficient (Wildman–Crippen LogP) is 6.97. The molecule has 0 atom stereocenters. The molecule has 0 aliphatic heterocycles. The molecule has 2 N–H and O–H groups in total. The summed E-state index contributed by atoms with van der Waals surface area (Å²) in [6.07, 6.45) is 4.14. The predicted molar refractivity (Wildman–Crippen MR) is 154 cm³/mol. The summed E-state index contributed by atoms with van der Waals surface area (Å²) in [6, 6.07) is 8.29. The number of aromatic nitrogens is 3. The van der Waals surface area contributed by atoms with E-state index in [1.54, 1.807) is 12.3 Å². The van der Waals surface area contributed by atoms with Crippen LogP contribution in [-0.2, 0) is 26.7 Å². The molecule has 0 radical (unpaired) electrons. The highest BCUT2D eigenvalue weighted by molar-refractivity contribution is 7.92. The molecule has 0 aliphatic rings. The van der Waals surface area contributed by atoms with Crippen LogP contribution in [0.1, 0.15) is 57.3 Å². The molecule has 13 heteroatoms. The third-order valence-electron chi connectivity index (χ3n) is 6.18. The van der Waals surface area contributed by atoms with Crippen molar-refractivity contribution in [1.82, 2.24) is 15.0 Å². The zero-order chi connectivity index (χ0) is 30.7. The van der Waals surface area contributed by atoms with Gasteiger partial charge in [-0.3, -0.25) is 9.52 Å². The van der Waals surface area contributed by atoms with E-state index in [1.165, 1.54) is 23.5 Å². The van der Waals surface area contributed by atoms with Crippen LogP contribution < -0.4 is 4.72 Å². The first-order valence-corrected chi connectivity index (χ1v) is 15.4. The second kappa shape index (κ2) is 12.6. The van der Waals surface area contributed by atoms with Crippen molar-refractivity contribution < 1.29 is 31.5 Å². The van der Waals surface area contributed by atoms with Crippen LogP contribution in [0, 0.1) is 17.5 Å². The van der Waals surface area contributed by atoms with Crippen LogP contribution >= 0.6 is 11.3 Å². The maximum Gasteiger partial charge on any atom is 0.303 e. The molecule has 0 saturated heterocycles. The van der Waals surface area contributed by atoms with E-state index in [1.807, 2.05) is 25.5 Å². The van der Waals surface area contributed by atoms with Gasteiger partial charge in [-0.15, -0.1) is 11.3 Å². The molecule has 0 unspecified atom stereocenters. The number of carbonyl (C=O) groups is 1. The van der Waals surface area contributed by atoms with E-state index >= 15 is 4.39 Å². The van der Waals surface area contributed by atoms with Gasteiger partial charge in [0.05, 0.1) is 27.0 Å². The normalized spacial score (nSPS) is 12.0. The molecule has 4 rings (SSSR count). The minimum atomic E-state index is -4.81. The fraction of sp³-hybridized carbons (Fsp3) is 0.310. The number of aryl methyl sites for hydroxylation is 1. The number of hydrogen-bond donors (Lipinski definition) is 2. The number of unbranched alkanes of at least 4 members (excludes halogenated alkanes) is 2. The van der Waals surface area contributed by atoms with Crippen molar-refractivity contribution >= 4 is 33.0 Å². The molecule has 4 aromatic rings. The molecule has 2 aromatic heterocycles. The minimum absolute atomic E-state index is 0.0280. The van der Waals surface area contributed by atoms with E-state index in [-0.39, 0.29) is 17.7 Å². The van der Waals surface area contributed by atoms with Gasteiger partial charge in [-0.1, -0.05) is 39.3 Å². The Morgan fingerprint density at radius 1 is 0.976 bits per heavy atom. The van der Waals surface area contributed by atoms with E-state index < -0.39 is 49.4 Å². The number of sulfonamides is 1. The molecule has 8 nitrogen and oxygen atoms in total. The zero-order valence-electron chi connectivity index (χ0n) is 23.1. The van der Waals surface area contributed by atoms with Gasteiger partial charge in [0.25, 0.3) is 10.0 Å². The summed E-state index contributed by atoms with van der Waals surface area (Å²) >= 11 is 1.32. The summed E-state index contributed by atoms with van der Waals surface area (Å²) in [5.41, 5.74) is -0.217. The highest BCUT2D eigenvalue weighted by atomic mass is 32.2. The highest BCUT2D eigenvalue weighted by Gasteiger charge is 2.28. The Balaban J connectivity index is 1.72. The molecule has 0 saturated carbocycles. The maximum atomic E-state index is 16.0. The molecular weight excluding hydrogens is 589 g/mol. The Morgan fingerprint density at radius 3 is 2.33 bits per heavy atom. The van der Waals surface area contributed by atoms with Gasteiger partial charge in [0, 0.05) is 30.0 Å². The first-order valence-electron chi connectivity index (χ1n) is 13.1. The number of carboxylic acids is 1. The fourth-order valence-corrected chi connectivity index (χ4v) is 6.41. The lowest BCUT2D eigenvalue weighted by atomic mass is 9.98. The molecule has 0 aliphatic carbocycles. The van der Waals surface area contributed by atoms with Gasteiger partial charge in [-0.2, -0.15) is 0 Å². The largest absolute Gasteiger partial charge is 0.481 e. The molecule has 2 aromatic carbocycles. The number of carboxylic acid groups (broad SMARTS) is 1. The van der Waals surface area contributed by atoms with Crippen LogP contribution in [0.15, 0.2) is 53.6 Å².